The summed E-state index contributed by atoms with van der Waals surface area (Å²) in [7, 11) is 0. The zero-order chi connectivity index (χ0) is 13.0. The zero-order valence-electron chi connectivity index (χ0n) is 11.6. The van der Waals surface area contributed by atoms with Crippen molar-refractivity contribution in [1.29, 1.82) is 0 Å². The fourth-order valence-corrected chi connectivity index (χ4v) is 3.15. The quantitative estimate of drug-likeness (QED) is 0.624. The monoisotopic (exact) mass is 250 g/mol. The van der Waals surface area contributed by atoms with Crippen molar-refractivity contribution in [3.05, 3.63) is 18.0 Å². The Kier molecular flexibility index (Phi) is 4.78. The Balaban J connectivity index is 2.00. The number of hydrazine groups is 1. The third-order valence-corrected chi connectivity index (χ3v) is 4.46. The Morgan fingerprint density at radius 2 is 2.11 bits per heavy atom. The lowest BCUT2D eigenvalue weighted by atomic mass is 9.76. The fourth-order valence-electron chi connectivity index (χ4n) is 3.15. The number of rotatable bonds is 5. The van der Waals surface area contributed by atoms with Gasteiger partial charge in [-0.25, -0.2) is 0 Å². The Hall–Kier alpha value is -0.870. The predicted molar refractivity (Wildman–Crippen MR) is 73.7 cm³/mol. The van der Waals surface area contributed by atoms with E-state index in [0.29, 0.717) is 5.92 Å². The number of nitrogens with two attached hydrogens (primary N) is 1. The number of hydrogen-bond donors (Lipinski definition) is 2. The van der Waals surface area contributed by atoms with Gasteiger partial charge in [-0.1, -0.05) is 26.2 Å². The molecular weight excluding hydrogens is 224 g/mol. The first-order valence-corrected chi connectivity index (χ1v) is 7.26. The summed E-state index contributed by atoms with van der Waals surface area (Å²) in [6.45, 7) is 5.32. The average molecular weight is 250 g/mol. The van der Waals surface area contributed by atoms with Crippen LogP contribution in [0.3, 0.4) is 0 Å². The van der Waals surface area contributed by atoms with E-state index in [1.807, 2.05) is 10.9 Å². The Bertz CT molecular complexity index is 352. The molecule has 1 fully saturated rings. The van der Waals surface area contributed by atoms with Gasteiger partial charge in [0.05, 0.1) is 12.2 Å². The van der Waals surface area contributed by atoms with Crippen LogP contribution in [0.2, 0.25) is 0 Å². The lowest BCUT2D eigenvalue weighted by Gasteiger charge is -2.32. The molecule has 0 amide bonds. The van der Waals surface area contributed by atoms with Crippen molar-refractivity contribution in [2.45, 2.75) is 58.5 Å². The van der Waals surface area contributed by atoms with Gasteiger partial charge in [0.15, 0.2) is 0 Å². The SMILES string of the molecule is CCC1CCC(C(NN)c2cnn(CC)c2)CC1. The summed E-state index contributed by atoms with van der Waals surface area (Å²) in [5.41, 5.74) is 4.24. The third-order valence-electron chi connectivity index (χ3n) is 4.46. The number of aromatic nitrogens is 2. The van der Waals surface area contributed by atoms with Gasteiger partial charge < -0.3 is 0 Å². The highest BCUT2D eigenvalue weighted by Crippen LogP contribution is 2.37. The molecule has 0 saturated heterocycles. The van der Waals surface area contributed by atoms with Crippen molar-refractivity contribution < 1.29 is 0 Å². The lowest BCUT2D eigenvalue weighted by Crippen LogP contribution is -2.35. The maximum atomic E-state index is 5.77. The summed E-state index contributed by atoms with van der Waals surface area (Å²) in [6.07, 6.45) is 10.7. The Morgan fingerprint density at radius 3 is 2.61 bits per heavy atom. The molecule has 0 bridgehead atoms. The smallest absolute Gasteiger partial charge is 0.0538 e. The van der Waals surface area contributed by atoms with Crippen LogP contribution in [-0.2, 0) is 6.54 Å². The van der Waals surface area contributed by atoms with E-state index < -0.39 is 0 Å². The highest BCUT2D eigenvalue weighted by Gasteiger charge is 2.28. The average Bonchev–Trinajstić information content (AvgIpc) is 2.89. The van der Waals surface area contributed by atoms with Crippen molar-refractivity contribution >= 4 is 0 Å². The Labute approximate surface area is 110 Å². The molecule has 102 valence electrons. The van der Waals surface area contributed by atoms with E-state index in [1.54, 1.807) is 0 Å². The van der Waals surface area contributed by atoms with Gasteiger partial charge in [-0.2, -0.15) is 5.10 Å². The van der Waals surface area contributed by atoms with Crippen molar-refractivity contribution in [3.63, 3.8) is 0 Å². The summed E-state index contributed by atoms with van der Waals surface area (Å²) in [4.78, 5) is 0. The van der Waals surface area contributed by atoms with Gasteiger partial charge in [0.25, 0.3) is 0 Å². The van der Waals surface area contributed by atoms with Gasteiger partial charge in [-0.3, -0.25) is 16.0 Å². The van der Waals surface area contributed by atoms with Crippen molar-refractivity contribution in [2.24, 2.45) is 17.7 Å². The molecule has 1 aliphatic carbocycles. The molecule has 1 saturated carbocycles. The van der Waals surface area contributed by atoms with Crippen LogP contribution in [0, 0.1) is 11.8 Å². The van der Waals surface area contributed by atoms with Crippen LogP contribution in [-0.4, -0.2) is 9.78 Å². The molecule has 1 aromatic rings. The van der Waals surface area contributed by atoms with E-state index in [4.69, 9.17) is 5.84 Å². The molecule has 1 heterocycles. The second kappa shape index (κ2) is 6.34. The van der Waals surface area contributed by atoms with Gasteiger partial charge >= 0.3 is 0 Å². The van der Waals surface area contributed by atoms with Crippen LogP contribution in [0.5, 0.6) is 0 Å². The largest absolute Gasteiger partial charge is 0.273 e. The Morgan fingerprint density at radius 1 is 1.39 bits per heavy atom. The lowest BCUT2D eigenvalue weighted by molar-refractivity contribution is 0.219. The summed E-state index contributed by atoms with van der Waals surface area (Å²) < 4.78 is 1.97. The minimum Gasteiger partial charge on any atom is -0.273 e. The van der Waals surface area contributed by atoms with Gasteiger partial charge in [0.1, 0.15) is 0 Å². The van der Waals surface area contributed by atoms with Crippen LogP contribution in [0.25, 0.3) is 0 Å². The van der Waals surface area contributed by atoms with Crippen LogP contribution >= 0.6 is 0 Å². The number of nitrogens with zero attached hydrogens (tertiary/aromatic N) is 2. The standard InChI is InChI=1S/C14H26N4/c1-3-11-5-7-12(8-6-11)14(17-15)13-9-16-18(4-2)10-13/h9-12,14,17H,3-8,15H2,1-2H3. The zero-order valence-corrected chi connectivity index (χ0v) is 11.6. The maximum Gasteiger partial charge on any atom is 0.0538 e. The topological polar surface area (TPSA) is 55.9 Å². The van der Waals surface area contributed by atoms with E-state index in [1.165, 1.54) is 37.7 Å². The highest BCUT2D eigenvalue weighted by atomic mass is 15.3. The molecule has 1 aliphatic rings. The molecule has 2 rings (SSSR count). The van der Waals surface area contributed by atoms with Gasteiger partial charge in [-0.15, -0.1) is 0 Å². The predicted octanol–water partition coefficient (Wildman–Crippen LogP) is 2.62. The molecule has 1 aromatic heterocycles. The molecule has 0 aliphatic heterocycles. The first-order chi connectivity index (χ1) is 8.78. The molecule has 4 nitrogen and oxygen atoms in total. The molecular formula is C14H26N4. The molecule has 1 unspecified atom stereocenters. The van der Waals surface area contributed by atoms with E-state index >= 15 is 0 Å². The van der Waals surface area contributed by atoms with Crippen molar-refractivity contribution in [2.75, 3.05) is 0 Å². The molecule has 0 spiro atoms. The molecule has 4 heteroatoms. The van der Waals surface area contributed by atoms with Crippen LogP contribution in [0.4, 0.5) is 0 Å². The summed E-state index contributed by atoms with van der Waals surface area (Å²) >= 11 is 0. The normalized spacial score (nSPS) is 26.2. The summed E-state index contributed by atoms with van der Waals surface area (Å²) in [5, 5.41) is 4.35. The summed E-state index contributed by atoms with van der Waals surface area (Å²) in [5.74, 6) is 7.35. The second-order valence-corrected chi connectivity index (χ2v) is 5.46. The van der Waals surface area contributed by atoms with Crippen molar-refractivity contribution in [1.82, 2.24) is 15.2 Å². The van der Waals surface area contributed by atoms with Crippen LogP contribution in [0.1, 0.15) is 57.6 Å². The molecule has 3 N–H and O–H groups in total. The number of aryl methyl sites for hydroxylation is 1. The van der Waals surface area contributed by atoms with Crippen molar-refractivity contribution in [3.8, 4) is 0 Å². The van der Waals surface area contributed by atoms with Gasteiger partial charge in [0, 0.05) is 18.3 Å². The van der Waals surface area contributed by atoms with E-state index in [0.717, 1.165) is 12.5 Å². The van der Waals surface area contributed by atoms with Gasteiger partial charge in [-0.05, 0) is 31.6 Å². The third kappa shape index (κ3) is 2.93. The molecule has 0 radical (unpaired) electrons. The summed E-state index contributed by atoms with van der Waals surface area (Å²) in [6, 6.07) is 0.267. The second-order valence-electron chi connectivity index (χ2n) is 5.46. The minimum absolute atomic E-state index is 0.267. The van der Waals surface area contributed by atoms with E-state index in [9.17, 15) is 0 Å². The molecule has 0 aromatic carbocycles. The molecule has 1 atom stereocenters. The fraction of sp³-hybridized carbons (Fsp3) is 0.786. The number of nitrogens with one attached hydrogen (secondary N) is 1. The first kappa shape index (κ1) is 13.6. The van der Waals surface area contributed by atoms with E-state index in [-0.39, 0.29) is 6.04 Å². The number of hydrogen-bond acceptors (Lipinski definition) is 3. The highest BCUT2D eigenvalue weighted by molar-refractivity contribution is 5.12. The minimum atomic E-state index is 0.267. The van der Waals surface area contributed by atoms with Crippen LogP contribution < -0.4 is 11.3 Å². The maximum absolute atomic E-state index is 5.77. The van der Waals surface area contributed by atoms with Gasteiger partial charge in [0.2, 0.25) is 0 Å². The van der Waals surface area contributed by atoms with E-state index in [2.05, 4.69) is 30.6 Å². The molecule has 18 heavy (non-hydrogen) atoms. The van der Waals surface area contributed by atoms with Crippen LogP contribution in [0.15, 0.2) is 12.4 Å². The first-order valence-electron chi connectivity index (χ1n) is 7.26.